The first kappa shape index (κ1) is 15.5. The summed E-state index contributed by atoms with van der Waals surface area (Å²) in [6, 6.07) is 0.389. The van der Waals surface area contributed by atoms with Crippen LogP contribution in [-0.2, 0) is 0 Å². The predicted molar refractivity (Wildman–Crippen MR) is 78.0 cm³/mol. The minimum Gasteiger partial charge on any atom is -0.464 e. The third kappa shape index (κ3) is 4.89. The van der Waals surface area contributed by atoms with Crippen LogP contribution in [-0.4, -0.2) is 41.2 Å². The molecular formula is C13H25N5O. The quantitative estimate of drug-likeness (QED) is 0.741. The van der Waals surface area contributed by atoms with Gasteiger partial charge < -0.3 is 15.0 Å². The molecule has 0 spiro atoms. The van der Waals surface area contributed by atoms with Gasteiger partial charge in [-0.05, 0) is 26.7 Å². The number of ether oxygens (including phenoxy) is 1. The van der Waals surface area contributed by atoms with Crippen LogP contribution in [0.15, 0.2) is 0 Å². The van der Waals surface area contributed by atoms with Crippen molar-refractivity contribution in [3.8, 4) is 6.01 Å². The summed E-state index contributed by atoms with van der Waals surface area (Å²) in [7, 11) is 0. The number of hydrogen-bond donors (Lipinski definition) is 1. The normalized spacial score (nSPS) is 10.3. The third-order valence-electron chi connectivity index (χ3n) is 2.48. The molecule has 0 fully saturated rings. The highest BCUT2D eigenvalue weighted by Gasteiger charge is 2.12. The van der Waals surface area contributed by atoms with Crippen LogP contribution in [0.5, 0.6) is 6.01 Å². The Balaban J connectivity index is 3.00. The summed E-state index contributed by atoms with van der Waals surface area (Å²) >= 11 is 0. The molecule has 0 aliphatic heterocycles. The Morgan fingerprint density at radius 3 is 2.21 bits per heavy atom. The lowest BCUT2D eigenvalue weighted by Gasteiger charge is -2.21. The second-order valence-electron chi connectivity index (χ2n) is 4.19. The highest BCUT2D eigenvalue weighted by atomic mass is 16.5. The van der Waals surface area contributed by atoms with E-state index in [2.05, 4.69) is 39.0 Å². The second kappa shape index (κ2) is 8.50. The molecule has 0 unspecified atom stereocenters. The molecule has 1 heterocycles. The molecule has 1 rings (SSSR count). The van der Waals surface area contributed by atoms with Gasteiger partial charge in [0.1, 0.15) is 0 Å². The third-order valence-corrected chi connectivity index (χ3v) is 2.48. The van der Waals surface area contributed by atoms with Crippen molar-refractivity contribution >= 4 is 11.9 Å². The first-order chi connectivity index (χ1) is 9.24. The van der Waals surface area contributed by atoms with Crippen LogP contribution in [0.2, 0.25) is 0 Å². The van der Waals surface area contributed by atoms with Gasteiger partial charge in [-0.15, -0.1) is 0 Å². The summed E-state index contributed by atoms with van der Waals surface area (Å²) in [5, 5.41) is 3.12. The maximum Gasteiger partial charge on any atom is 0.323 e. The summed E-state index contributed by atoms with van der Waals surface area (Å²) < 4.78 is 5.41. The molecule has 6 heteroatoms. The molecule has 0 saturated heterocycles. The summed E-state index contributed by atoms with van der Waals surface area (Å²) in [4.78, 5) is 15.2. The Hall–Kier alpha value is -1.59. The molecule has 0 bridgehead atoms. The number of nitrogens with one attached hydrogen (secondary N) is 1. The van der Waals surface area contributed by atoms with Gasteiger partial charge in [-0.2, -0.15) is 15.0 Å². The lowest BCUT2D eigenvalue weighted by Crippen LogP contribution is -2.27. The van der Waals surface area contributed by atoms with Gasteiger partial charge in [0, 0.05) is 19.6 Å². The predicted octanol–water partition coefficient (Wildman–Crippen LogP) is 2.33. The summed E-state index contributed by atoms with van der Waals surface area (Å²) in [6.07, 6.45) is 2.12. The maximum absolute atomic E-state index is 5.41. The fourth-order valence-corrected chi connectivity index (χ4v) is 1.77. The number of rotatable bonds is 9. The standard InChI is InChI=1S/C13H25N5O/c1-5-9-18(10-6-2)12-15-11(14-7-3)16-13(17-12)19-8-4/h5-10H2,1-4H3,(H,14,15,16,17). The van der Waals surface area contributed by atoms with Crippen LogP contribution in [0.3, 0.4) is 0 Å². The van der Waals surface area contributed by atoms with Gasteiger partial charge in [-0.3, -0.25) is 0 Å². The molecular weight excluding hydrogens is 242 g/mol. The summed E-state index contributed by atoms with van der Waals surface area (Å²) in [5.41, 5.74) is 0. The Bertz CT molecular complexity index is 342. The molecule has 6 nitrogen and oxygen atoms in total. The first-order valence-electron chi connectivity index (χ1n) is 7.12. The van der Waals surface area contributed by atoms with Crippen molar-refractivity contribution in [1.29, 1.82) is 0 Å². The van der Waals surface area contributed by atoms with Crippen molar-refractivity contribution in [3.63, 3.8) is 0 Å². The molecule has 0 aliphatic rings. The molecule has 108 valence electrons. The van der Waals surface area contributed by atoms with Gasteiger partial charge in [-0.1, -0.05) is 13.8 Å². The van der Waals surface area contributed by atoms with Crippen LogP contribution in [0.25, 0.3) is 0 Å². The fourth-order valence-electron chi connectivity index (χ4n) is 1.77. The molecule has 1 aromatic rings. The van der Waals surface area contributed by atoms with Crippen LogP contribution in [0.4, 0.5) is 11.9 Å². The number of aromatic nitrogens is 3. The van der Waals surface area contributed by atoms with E-state index >= 15 is 0 Å². The Morgan fingerprint density at radius 1 is 1.00 bits per heavy atom. The van der Waals surface area contributed by atoms with E-state index in [0.29, 0.717) is 24.5 Å². The van der Waals surface area contributed by atoms with E-state index in [9.17, 15) is 0 Å². The molecule has 0 aliphatic carbocycles. The first-order valence-corrected chi connectivity index (χ1v) is 7.12. The molecule has 19 heavy (non-hydrogen) atoms. The van der Waals surface area contributed by atoms with Crippen molar-refractivity contribution in [1.82, 2.24) is 15.0 Å². The summed E-state index contributed by atoms with van der Waals surface area (Å²) in [6.45, 7) is 11.4. The van der Waals surface area contributed by atoms with E-state index in [1.807, 2.05) is 13.8 Å². The van der Waals surface area contributed by atoms with E-state index < -0.39 is 0 Å². The zero-order valence-electron chi connectivity index (χ0n) is 12.4. The molecule has 0 amide bonds. The zero-order chi connectivity index (χ0) is 14.1. The van der Waals surface area contributed by atoms with Crippen molar-refractivity contribution in [2.45, 2.75) is 40.5 Å². The van der Waals surface area contributed by atoms with Crippen LogP contribution < -0.4 is 15.0 Å². The van der Waals surface area contributed by atoms with Crippen molar-refractivity contribution in [2.75, 3.05) is 36.5 Å². The smallest absolute Gasteiger partial charge is 0.323 e. The lowest BCUT2D eigenvalue weighted by atomic mass is 10.4. The Kier molecular flexibility index (Phi) is 6.92. The minimum absolute atomic E-state index is 0.389. The average Bonchev–Trinajstić information content (AvgIpc) is 2.39. The molecule has 0 saturated carbocycles. The van der Waals surface area contributed by atoms with Gasteiger partial charge in [-0.25, -0.2) is 0 Å². The fraction of sp³-hybridized carbons (Fsp3) is 0.769. The van der Waals surface area contributed by atoms with E-state index in [4.69, 9.17) is 4.74 Å². The molecule has 0 radical (unpaired) electrons. The number of anilines is 2. The van der Waals surface area contributed by atoms with Gasteiger partial charge in [0.2, 0.25) is 11.9 Å². The molecule has 1 aromatic heterocycles. The Morgan fingerprint density at radius 2 is 1.68 bits per heavy atom. The van der Waals surface area contributed by atoms with Crippen LogP contribution in [0, 0.1) is 0 Å². The highest BCUT2D eigenvalue weighted by molar-refractivity contribution is 5.38. The number of hydrogen-bond acceptors (Lipinski definition) is 6. The van der Waals surface area contributed by atoms with Gasteiger partial charge in [0.05, 0.1) is 6.61 Å². The maximum atomic E-state index is 5.41. The monoisotopic (exact) mass is 267 g/mol. The minimum atomic E-state index is 0.389. The largest absolute Gasteiger partial charge is 0.464 e. The van der Waals surface area contributed by atoms with E-state index in [1.54, 1.807) is 0 Å². The van der Waals surface area contributed by atoms with Crippen molar-refractivity contribution in [2.24, 2.45) is 0 Å². The van der Waals surface area contributed by atoms with E-state index in [1.165, 1.54) is 0 Å². The second-order valence-corrected chi connectivity index (χ2v) is 4.19. The van der Waals surface area contributed by atoms with Gasteiger partial charge in [0.15, 0.2) is 0 Å². The SMILES string of the molecule is CCCN(CCC)c1nc(NCC)nc(OCC)n1. The zero-order valence-corrected chi connectivity index (χ0v) is 12.4. The van der Waals surface area contributed by atoms with E-state index in [0.717, 1.165) is 32.5 Å². The molecule has 0 atom stereocenters. The van der Waals surface area contributed by atoms with Crippen LogP contribution >= 0.6 is 0 Å². The number of nitrogens with zero attached hydrogens (tertiary/aromatic N) is 4. The Labute approximate surface area is 115 Å². The summed E-state index contributed by atoms with van der Waals surface area (Å²) in [5.74, 6) is 1.27. The van der Waals surface area contributed by atoms with Gasteiger partial charge >= 0.3 is 6.01 Å². The average molecular weight is 267 g/mol. The lowest BCUT2D eigenvalue weighted by molar-refractivity contribution is 0.312. The highest BCUT2D eigenvalue weighted by Crippen LogP contribution is 2.15. The van der Waals surface area contributed by atoms with Gasteiger partial charge in [0.25, 0.3) is 0 Å². The van der Waals surface area contributed by atoms with E-state index in [-0.39, 0.29) is 0 Å². The van der Waals surface area contributed by atoms with Crippen LogP contribution in [0.1, 0.15) is 40.5 Å². The molecule has 1 N–H and O–H groups in total. The topological polar surface area (TPSA) is 63.2 Å². The van der Waals surface area contributed by atoms with Crippen molar-refractivity contribution < 1.29 is 4.74 Å². The molecule has 0 aromatic carbocycles. The van der Waals surface area contributed by atoms with Crippen molar-refractivity contribution in [3.05, 3.63) is 0 Å².